The molecule has 1 heterocycles. The molecule has 0 saturated carbocycles. The molecule has 34 heavy (non-hydrogen) atoms. The number of fused-ring (bicyclic) bond motifs is 1. The number of hydrogen-bond donors (Lipinski definition) is 3. The Kier molecular flexibility index (Phi) is 7.00. The molecule has 0 bridgehead atoms. The van der Waals surface area contributed by atoms with Gasteiger partial charge in [0, 0.05) is 28.9 Å². The summed E-state index contributed by atoms with van der Waals surface area (Å²) in [5.74, 6) is 0. The van der Waals surface area contributed by atoms with E-state index in [-0.39, 0.29) is 24.4 Å². The van der Waals surface area contributed by atoms with Crippen molar-refractivity contribution in [2.24, 2.45) is 0 Å². The lowest BCUT2D eigenvalue weighted by Gasteiger charge is -2.15. The summed E-state index contributed by atoms with van der Waals surface area (Å²) < 4.78 is 45.7. The van der Waals surface area contributed by atoms with Crippen LogP contribution in [0.2, 0.25) is 0 Å². The second-order valence-corrected chi connectivity index (χ2v) is 7.89. The predicted octanol–water partition coefficient (Wildman–Crippen LogP) is 5.20. The van der Waals surface area contributed by atoms with Crippen molar-refractivity contribution in [2.75, 3.05) is 18.5 Å². The van der Waals surface area contributed by atoms with E-state index in [1.165, 1.54) is 24.3 Å². The minimum absolute atomic E-state index is 0.0881. The van der Waals surface area contributed by atoms with Gasteiger partial charge in [0.25, 0.3) is 5.56 Å². The normalized spacial score (nSPS) is 12.6. The maximum absolute atomic E-state index is 13.4. The number of aromatic amines is 1. The van der Waals surface area contributed by atoms with E-state index in [4.69, 9.17) is 4.74 Å². The van der Waals surface area contributed by atoms with Crippen LogP contribution in [0.1, 0.15) is 11.1 Å². The Balaban J connectivity index is 1.45. The molecule has 5 nitrogen and oxygen atoms in total. The quantitative estimate of drug-likeness (QED) is 0.332. The van der Waals surface area contributed by atoms with E-state index in [0.717, 1.165) is 11.6 Å². The number of H-pyrrole nitrogens is 1. The SMILES string of the molecule is O=c1[nH]c(-c2ccccc2C(F)(F)F)cc2ccc(NC[C@@H](O)COCc3ccccc3)cc12. The van der Waals surface area contributed by atoms with Crippen molar-refractivity contribution in [3.05, 3.63) is 100 Å². The number of rotatable bonds is 8. The standard InChI is InChI=1S/C26H23F3N2O3/c27-26(28,29)23-9-5-4-8-21(23)24-12-18-10-11-19(13-22(18)25(33)31-24)30-14-20(32)16-34-15-17-6-2-1-3-7-17/h1-13,20,30,32H,14-16H2,(H,31,33)/t20-/m1/s1. The van der Waals surface area contributed by atoms with E-state index in [9.17, 15) is 23.1 Å². The lowest BCUT2D eigenvalue weighted by atomic mass is 10.0. The van der Waals surface area contributed by atoms with Gasteiger partial charge in [-0.25, -0.2) is 0 Å². The maximum Gasteiger partial charge on any atom is 0.417 e. The maximum atomic E-state index is 13.4. The van der Waals surface area contributed by atoms with Gasteiger partial charge in [-0.15, -0.1) is 0 Å². The molecule has 0 unspecified atom stereocenters. The Morgan fingerprint density at radius 1 is 0.971 bits per heavy atom. The van der Waals surface area contributed by atoms with Crippen LogP contribution in [-0.2, 0) is 17.5 Å². The van der Waals surface area contributed by atoms with Gasteiger partial charge in [0.1, 0.15) is 0 Å². The number of aromatic nitrogens is 1. The van der Waals surface area contributed by atoms with E-state index in [2.05, 4.69) is 10.3 Å². The summed E-state index contributed by atoms with van der Waals surface area (Å²) in [5, 5.41) is 14.1. The largest absolute Gasteiger partial charge is 0.417 e. The zero-order valence-electron chi connectivity index (χ0n) is 18.1. The molecule has 0 fully saturated rings. The molecule has 176 valence electrons. The molecule has 4 aromatic rings. The third-order valence-electron chi connectivity index (χ3n) is 5.33. The first kappa shape index (κ1) is 23.5. The number of aliphatic hydroxyl groups is 1. The summed E-state index contributed by atoms with van der Waals surface area (Å²) in [7, 11) is 0. The Morgan fingerprint density at radius 3 is 2.47 bits per heavy atom. The van der Waals surface area contributed by atoms with Gasteiger partial charge in [-0.3, -0.25) is 4.79 Å². The van der Waals surface area contributed by atoms with Crippen LogP contribution >= 0.6 is 0 Å². The lowest BCUT2D eigenvalue weighted by molar-refractivity contribution is -0.137. The third-order valence-corrected chi connectivity index (χ3v) is 5.33. The molecule has 4 rings (SSSR count). The summed E-state index contributed by atoms with van der Waals surface area (Å²) in [6.45, 7) is 0.732. The number of hydrogen-bond acceptors (Lipinski definition) is 4. The number of benzene rings is 3. The zero-order chi connectivity index (χ0) is 24.1. The first-order valence-corrected chi connectivity index (χ1v) is 10.7. The fraction of sp³-hybridized carbons (Fsp3) is 0.192. The van der Waals surface area contributed by atoms with Crippen LogP contribution in [0, 0.1) is 0 Å². The molecule has 0 saturated heterocycles. The number of aliphatic hydroxyl groups excluding tert-OH is 1. The van der Waals surface area contributed by atoms with Gasteiger partial charge in [0.15, 0.2) is 0 Å². The summed E-state index contributed by atoms with van der Waals surface area (Å²) in [6.07, 6.45) is -5.30. The van der Waals surface area contributed by atoms with Gasteiger partial charge >= 0.3 is 6.18 Å². The highest BCUT2D eigenvalue weighted by Crippen LogP contribution is 2.36. The minimum atomic E-state index is -4.54. The Labute approximate surface area is 193 Å². The van der Waals surface area contributed by atoms with Crippen molar-refractivity contribution >= 4 is 16.5 Å². The van der Waals surface area contributed by atoms with Crippen molar-refractivity contribution < 1.29 is 23.0 Å². The summed E-state index contributed by atoms with van der Waals surface area (Å²) >= 11 is 0. The first-order valence-electron chi connectivity index (χ1n) is 10.7. The molecule has 0 spiro atoms. The molecule has 0 aliphatic carbocycles. The fourth-order valence-electron chi connectivity index (χ4n) is 3.66. The molecule has 0 aliphatic heterocycles. The number of halogens is 3. The monoisotopic (exact) mass is 468 g/mol. The number of anilines is 1. The number of ether oxygens (including phenoxy) is 1. The number of pyridine rings is 1. The topological polar surface area (TPSA) is 74.4 Å². The van der Waals surface area contributed by atoms with E-state index in [1.807, 2.05) is 30.3 Å². The van der Waals surface area contributed by atoms with Crippen molar-refractivity contribution in [1.82, 2.24) is 4.98 Å². The smallest absolute Gasteiger partial charge is 0.389 e. The van der Waals surface area contributed by atoms with Gasteiger partial charge < -0.3 is 20.1 Å². The zero-order valence-corrected chi connectivity index (χ0v) is 18.1. The van der Waals surface area contributed by atoms with Gasteiger partial charge in [0.2, 0.25) is 0 Å². The average Bonchev–Trinajstić information content (AvgIpc) is 2.83. The molecule has 0 amide bonds. The predicted molar refractivity (Wildman–Crippen MR) is 126 cm³/mol. The molecular formula is C26H23F3N2O3. The van der Waals surface area contributed by atoms with E-state index in [0.29, 0.717) is 23.1 Å². The number of alkyl halides is 3. The third kappa shape index (κ3) is 5.65. The van der Waals surface area contributed by atoms with Crippen LogP contribution in [0.5, 0.6) is 0 Å². The van der Waals surface area contributed by atoms with Crippen molar-refractivity contribution in [2.45, 2.75) is 18.9 Å². The minimum Gasteiger partial charge on any atom is -0.389 e. The Bertz CT molecular complexity index is 1320. The van der Waals surface area contributed by atoms with Crippen molar-refractivity contribution in [1.29, 1.82) is 0 Å². The van der Waals surface area contributed by atoms with Crippen LogP contribution in [0.3, 0.4) is 0 Å². The van der Waals surface area contributed by atoms with Crippen LogP contribution < -0.4 is 10.9 Å². The summed E-state index contributed by atoms with van der Waals surface area (Å²) in [5.41, 5.74) is 0.302. The second-order valence-electron chi connectivity index (χ2n) is 7.89. The summed E-state index contributed by atoms with van der Waals surface area (Å²) in [4.78, 5) is 15.2. The molecule has 1 atom stereocenters. The van der Waals surface area contributed by atoms with Crippen LogP contribution in [0.4, 0.5) is 18.9 Å². The van der Waals surface area contributed by atoms with Gasteiger partial charge in [0.05, 0.1) is 24.9 Å². The van der Waals surface area contributed by atoms with Gasteiger partial charge in [-0.1, -0.05) is 54.6 Å². The van der Waals surface area contributed by atoms with Crippen molar-refractivity contribution in [3.63, 3.8) is 0 Å². The fourth-order valence-corrected chi connectivity index (χ4v) is 3.66. The number of nitrogens with one attached hydrogen (secondary N) is 2. The highest BCUT2D eigenvalue weighted by Gasteiger charge is 2.33. The van der Waals surface area contributed by atoms with E-state index < -0.39 is 23.4 Å². The molecule has 1 aromatic heterocycles. The highest BCUT2D eigenvalue weighted by molar-refractivity contribution is 5.88. The molecular weight excluding hydrogens is 445 g/mol. The molecule has 3 aromatic carbocycles. The molecule has 8 heteroatoms. The van der Waals surface area contributed by atoms with Gasteiger partial charge in [-0.05, 0) is 35.2 Å². The summed E-state index contributed by atoms with van der Waals surface area (Å²) in [6, 6.07) is 21.2. The van der Waals surface area contributed by atoms with E-state index in [1.54, 1.807) is 18.2 Å². The molecule has 3 N–H and O–H groups in total. The molecule has 0 radical (unpaired) electrons. The van der Waals surface area contributed by atoms with Gasteiger partial charge in [-0.2, -0.15) is 13.2 Å². The van der Waals surface area contributed by atoms with Crippen LogP contribution in [0.25, 0.3) is 22.0 Å². The van der Waals surface area contributed by atoms with Crippen molar-refractivity contribution in [3.8, 4) is 11.3 Å². The highest BCUT2D eigenvalue weighted by atomic mass is 19.4. The Hall–Kier alpha value is -3.62. The van der Waals surface area contributed by atoms with Crippen LogP contribution in [0.15, 0.2) is 83.7 Å². The van der Waals surface area contributed by atoms with Crippen LogP contribution in [-0.4, -0.2) is 29.3 Å². The first-order chi connectivity index (χ1) is 16.3. The second kappa shape index (κ2) is 10.1. The average molecular weight is 468 g/mol. The molecule has 0 aliphatic rings. The lowest BCUT2D eigenvalue weighted by Crippen LogP contribution is -2.24. The Morgan fingerprint density at radius 2 is 1.71 bits per heavy atom. The van der Waals surface area contributed by atoms with E-state index >= 15 is 0 Å².